The van der Waals surface area contributed by atoms with E-state index in [-0.39, 0.29) is 17.7 Å². The van der Waals surface area contributed by atoms with Gasteiger partial charge in [-0.3, -0.25) is 19.9 Å². The van der Waals surface area contributed by atoms with Gasteiger partial charge in [-0.25, -0.2) is 0 Å². The van der Waals surface area contributed by atoms with Crippen molar-refractivity contribution in [2.75, 3.05) is 0 Å². The molecular weight excluding hydrogens is 206 g/mol. The zero-order valence-electron chi connectivity index (χ0n) is 8.77. The van der Waals surface area contributed by atoms with Gasteiger partial charge in [0.05, 0.1) is 11.6 Å². The molecule has 0 saturated carbocycles. The molecule has 0 bridgehead atoms. The number of nitrogens with zero attached hydrogens (tertiary/aromatic N) is 1. The van der Waals surface area contributed by atoms with Gasteiger partial charge in [0.25, 0.3) is 0 Å². The SMILES string of the molecule is NCc1cc(C2CCC(=O)NC2=O)ccn1. The van der Waals surface area contributed by atoms with E-state index in [0.29, 0.717) is 19.4 Å². The Bertz CT molecular complexity index is 431. The normalized spacial score (nSPS) is 20.7. The largest absolute Gasteiger partial charge is 0.325 e. The molecule has 16 heavy (non-hydrogen) atoms. The molecular formula is C11H13N3O2. The van der Waals surface area contributed by atoms with E-state index in [2.05, 4.69) is 10.3 Å². The molecule has 1 unspecified atom stereocenters. The van der Waals surface area contributed by atoms with Crippen molar-refractivity contribution in [3.63, 3.8) is 0 Å². The minimum absolute atomic E-state index is 0.200. The van der Waals surface area contributed by atoms with Crippen molar-refractivity contribution in [3.8, 4) is 0 Å². The van der Waals surface area contributed by atoms with Crippen molar-refractivity contribution in [1.82, 2.24) is 10.3 Å². The number of piperidine rings is 1. The summed E-state index contributed by atoms with van der Waals surface area (Å²) < 4.78 is 0. The molecule has 2 rings (SSSR count). The van der Waals surface area contributed by atoms with Gasteiger partial charge in [0.2, 0.25) is 11.8 Å². The van der Waals surface area contributed by atoms with E-state index in [9.17, 15) is 9.59 Å². The summed E-state index contributed by atoms with van der Waals surface area (Å²) in [7, 11) is 0. The van der Waals surface area contributed by atoms with Crippen LogP contribution in [0.15, 0.2) is 18.3 Å². The first kappa shape index (κ1) is 10.8. The number of nitrogens with two attached hydrogens (primary N) is 1. The number of hydrogen-bond acceptors (Lipinski definition) is 4. The molecule has 1 aliphatic rings. The van der Waals surface area contributed by atoms with Crippen LogP contribution in [0.25, 0.3) is 0 Å². The molecule has 5 nitrogen and oxygen atoms in total. The van der Waals surface area contributed by atoms with Crippen LogP contribution in [0, 0.1) is 0 Å². The number of hydrogen-bond donors (Lipinski definition) is 2. The molecule has 1 fully saturated rings. The molecule has 0 aromatic carbocycles. The molecule has 1 aromatic heterocycles. The Kier molecular flexibility index (Phi) is 2.96. The predicted octanol–water partition coefficient (Wildman–Crippen LogP) is 0.0605. The molecule has 84 valence electrons. The summed E-state index contributed by atoms with van der Waals surface area (Å²) in [4.78, 5) is 26.7. The van der Waals surface area contributed by atoms with Crippen LogP contribution >= 0.6 is 0 Å². The summed E-state index contributed by atoms with van der Waals surface area (Å²) >= 11 is 0. The number of carbonyl (C=O) groups excluding carboxylic acids is 2. The van der Waals surface area contributed by atoms with Gasteiger partial charge in [0.15, 0.2) is 0 Å². The van der Waals surface area contributed by atoms with E-state index in [1.807, 2.05) is 6.07 Å². The average molecular weight is 219 g/mol. The zero-order chi connectivity index (χ0) is 11.5. The molecule has 1 saturated heterocycles. The third-order valence-electron chi connectivity index (χ3n) is 2.69. The lowest BCUT2D eigenvalue weighted by molar-refractivity contribution is -0.134. The van der Waals surface area contributed by atoms with E-state index < -0.39 is 0 Å². The van der Waals surface area contributed by atoms with E-state index in [1.165, 1.54) is 0 Å². The van der Waals surface area contributed by atoms with Gasteiger partial charge >= 0.3 is 0 Å². The molecule has 0 spiro atoms. The first-order valence-corrected chi connectivity index (χ1v) is 5.19. The van der Waals surface area contributed by atoms with Crippen molar-refractivity contribution >= 4 is 11.8 Å². The fourth-order valence-electron chi connectivity index (χ4n) is 1.84. The van der Waals surface area contributed by atoms with E-state index >= 15 is 0 Å². The molecule has 2 amide bonds. The Morgan fingerprint density at radius 3 is 3.00 bits per heavy atom. The minimum atomic E-state index is -0.258. The van der Waals surface area contributed by atoms with Crippen molar-refractivity contribution in [2.45, 2.75) is 25.3 Å². The predicted molar refractivity (Wildman–Crippen MR) is 57.3 cm³/mol. The standard InChI is InChI=1S/C11H13N3O2/c12-6-8-5-7(3-4-13-8)9-1-2-10(15)14-11(9)16/h3-5,9H,1-2,6,12H2,(H,14,15,16). The second kappa shape index (κ2) is 4.40. The molecule has 1 atom stereocenters. The fraction of sp³-hybridized carbons (Fsp3) is 0.364. The van der Waals surface area contributed by atoms with Crippen molar-refractivity contribution in [2.24, 2.45) is 5.73 Å². The number of carbonyl (C=O) groups is 2. The highest BCUT2D eigenvalue weighted by Gasteiger charge is 2.27. The van der Waals surface area contributed by atoms with Crippen LogP contribution in [-0.2, 0) is 16.1 Å². The van der Waals surface area contributed by atoms with Gasteiger partial charge in [0, 0.05) is 19.2 Å². The van der Waals surface area contributed by atoms with Crippen LogP contribution in [-0.4, -0.2) is 16.8 Å². The fourth-order valence-corrected chi connectivity index (χ4v) is 1.84. The molecule has 2 heterocycles. The summed E-state index contributed by atoms with van der Waals surface area (Å²) in [6.07, 6.45) is 2.58. The van der Waals surface area contributed by atoms with Crippen LogP contribution in [0.5, 0.6) is 0 Å². The topological polar surface area (TPSA) is 85.1 Å². The summed E-state index contributed by atoms with van der Waals surface area (Å²) in [6.45, 7) is 0.348. The second-order valence-corrected chi connectivity index (χ2v) is 3.79. The van der Waals surface area contributed by atoms with Gasteiger partial charge in [-0.15, -0.1) is 0 Å². The van der Waals surface area contributed by atoms with Gasteiger partial charge in [0.1, 0.15) is 0 Å². The molecule has 0 aliphatic carbocycles. The highest BCUT2D eigenvalue weighted by atomic mass is 16.2. The molecule has 5 heteroatoms. The van der Waals surface area contributed by atoms with E-state index in [1.54, 1.807) is 12.3 Å². The van der Waals surface area contributed by atoms with Gasteiger partial charge in [-0.05, 0) is 24.1 Å². The van der Waals surface area contributed by atoms with E-state index in [4.69, 9.17) is 5.73 Å². The van der Waals surface area contributed by atoms with E-state index in [0.717, 1.165) is 11.3 Å². The van der Waals surface area contributed by atoms with Gasteiger partial charge < -0.3 is 5.73 Å². The number of nitrogens with one attached hydrogen (secondary N) is 1. The molecule has 0 radical (unpaired) electrons. The Morgan fingerprint density at radius 1 is 1.50 bits per heavy atom. The Balaban J connectivity index is 2.23. The third kappa shape index (κ3) is 2.09. The van der Waals surface area contributed by atoms with Crippen molar-refractivity contribution in [1.29, 1.82) is 0 Å². The monoisotopic (exact) mass is 219 g/mol. The van der Waals surface area contributed by atoms with Gasteiger partial charge in [-0.2, -0.15) is 0 Å². The Hall–Kier alpha value is -1.75. The third-order valence-corrected chi connectivity index (χ3v) is 2.69. The zero-order valence-corrected chi connectivity index (χ0v) is 8.77. The lowest BCUT2D eigenvalue weighted by atomic mass is 9.91. The lowest BCUT2D eigenvalue weighted by Crippen LogP contribution is -2.39. The number of rotatable bonds is 2. The van der Waals surface area contributed by atoms with Crippen LogP contribution in [0.1, 0.15) is 30.0 Å². The summed E-state index contributed by atoms with van der Waals surface area (Å²) in [6, 6.07) is 3.61. The summed E-state index contributed by atoms with van der Waals surface area (Å²) in [5.41, 5.74) is 7.12. The first-order chi connectivity index (χ1) is 7.70. The Labute approximate surface area is 93.0 Å². The number of amides is 2. The first-order valence-electron chi connectivity index (χ1n) is 5.19. The number of imide groups is 1. The summed E-state index contributed by atoms with van der Waals surface area (Å²) in [5, 5.41) is 2.34. The smallest absolute Gasteiger partial charge is 0.234 e. The quantitative estimate of drug-likeness (QED) is 0.689. The lowest BCUT2D eigenvalue weighted by Gasteiger charge is -2.21. The number of pyridine rings is 1. The Morgan fingerprint density at radius 2 is 2.31 bits per heavy atom. The van der Waals surface area contributed by atoms with Crippen LogP contribution in [0.3, 0.4) is 0 Å². The van der Waals surface area contributed by atoms with Crippen LogP contribution < -0.4 is 11.1 Å². The minimum Gasteiger partial charge on any atom is -0.325 e. The molecule has 1 aliphatic heterocycles. The maximum atomic E-state index is 11.6. The van der Waals surface area contributed by atoms with Gasteiger partial charge in [-0.1, -0.05) is 0 Å². The van der Waals surface area contributed by atoms with Crippen molar-refractivity contribution in [3.05, 3.63) is 29.6 Å². The maximum absolute atomic E-state index is 11.6. The number of aromatic nitrogens is 1. The maximum Gasteiger partial charge on any atom is 0.234 e. The molecule has 1 aromatic rings. The second-order valence-electron chi connectivity index (χ2n) is 3.79. The van der Waals surface area contributed by atoms with Crippen LogP contribution in [0.2, 0.25) is 0 Å². The molecule has 3 N–H and O–H groups in total. The van der Waals surface area contributed by atoms with Crippen molar-refractivity contribution < 1.29 is 9.59 Å². The van der Waals surface area contributed by atoms with Crippen LogP contribution in [0.4, 0.5) is 0 Å². The highest BCUT2D eigenvalue weighted by Crippen LogP contribution is 2.24. The highest BCUT2D eigenvalue weighted by molar-refractivity contribution is 6.00. The summed E-state index contributed by atoms with van der Waals surface area (Å²) in [5.74, 6) is -0.689. The average Bonchev–Trinajstić information content (AvgIpc) is 2.29.